The molecule has 0 atom stereocenters. The summed E-state index contributed by atoms with van der Waals surface area (Å²) < 4.78 is 5.72. The lowest BCUT2D eigenvalue weighted by molar-refractivity contribution is -0.138. The van der Waals surface area contributed by atoms with Gasteiger partial charge in [-0.05, 0) is 32.3 Å². The first-order chi connectivity index (χ1) is 13.5. The number of amides is 1. The molecule has 1 saturated carbocycles. The van der Waals surface area contributed by atoms with E-state index in [1.54, 1.807) is 11.1 Å². The number of pyridine rings is 1. The number of hydrogen-bond donors (Lipinski definition) is 2. The van der Waals surface area contributed by atoms with Crippen LogP contribution < -0.4 is 15.4 Å². The summed E-state index contributed by atoms with van der Waals surface area (Å²) in [6, 6.07) is 3.88. The number of carbonyl (C=O) groups excluding carboxylic acids is 1. The normalized spacial score (nSPS) is 15.9. The van der Waals surface area contributed by atoms with Crippen LogP contribution in [-0.2, 0) is 11.3 Å². The largest absolute Gasteiger partial charge is 0.477 e. The Morgan fingerprint density at radius 1 is 1.29 bits per heavy atom. The van der Waals surface area contributed by atoms with Crippen LogP contribution in [0.4, 0.5) is 0 Å². The van der Waals surface area contributed by atoms with Gasteiger partial charge >= 0.3 is 0 Å². The summed E-state index contributed by atoms with van der Waals surface area (Å²) in [4.78, 5) is 23.5. The van der Waals surface area contributed by atoms with Crippen LogP contribution in [0.3, 0.4) is 0 Å². The number of aromatic nitrogens is 1. The van der Waals surface area contributed by atoms with Crippen molar-refractivity contribution in [2.75, 3.05) is 33.8 Å². The lowest BCUT2D eigenvalue weighted by Crippen LogP contribution is -2.49. The van der Waals surface area contributed by atoms with Crippen LogP contribution in [0.2, 0.25) is 0 Å². The smallest absolute Gasteiger partial charge is 0.230 e. The van der Waals surface area contributed by atoms with Crippen molar-refractivity contribution in [3.8, 4) is 5.88 Å². The molecule has 7 nitrogen and oxygen atoms in total. The Kier molecular flexibility index (Phi) is 8.54. The second kappa shape index (κ2) is 10.9. The minimum absolute atomic E-state index is 0.204. The van der Waals surface area contributed by atoms with Crippen LogP contribution in [0.15, 0.2) is 23.3 Å². The number of ether oxygens (including phenoxy) is 1. The molecular weight excluding hydrogens is 354 g/mol. The number of guanidine groups is 1. The van der Waals surface area contributed by atoms with Crippen LogP contribution in [0.25, 0.3) is 0 Å². The van der Waals surface area contributed by atoms with E-state index < -0.39 is 0 Å². The van der Waals surface area contributed by atoms with E-state index in [0.717, 1.165) is 44.2 Å². The number of rotatable bonds is 9. The topological polar surface area (TPSA) is 78.9 Å². The van der Waals surface area contributed by atoms with E-state index in [-0.39, 0.29) is 11.3 Å². The third kappa shape index (κ3) is 5.84. The predicted octanol–water partition coefficient (Wildman–Crippen LogP) is 2.57. The highest BCUT2D eigenvalue weighted by atomic mass is 16.5. The maximum Gasteiger partial charge on any atom is 0.230 e. The van der Waals surface area contributed by atoms with Crippen molar-refractivity contribution in [2.24, 2.45) is 10.4 Å². The van der Waals surface area contributed by atoms with Gasteiger partial charge in [0.2, 0.25) is 11.8 Å². The minimum Gasteiger partial charge on any atom is -0.477 e. The molecular formula is C21H35N5O2. The Morgan fingerprint density at radius 3 is 2.68 bits per heavy atom. The molecule has 0 aromatic carbocycles. The van der Waals surface area contributed by atoms with Gasteiger partial charge in [0, 0.05) is 38.9 Å². The van der Waals surface area contributed by atoms with E-state index in [0.29, 0.717) is 31.5 Å². The van der Waals surface area contributed by atoms with Gasteiger partial charge in [0.05, 0.1) is 18.6 Å². The predicted molar refractivity (Wildman–Crippen MR) is 112 cm³/mol. The summed E-state index contributed by atoms with van der Waals surface area (Å²) in [5.41, 5.74) is 0.622. The molecule has 0 unspecified atom stereocenters. The highest BCUT2D eigenvalue weighted by Crippen LogP contribution is 2.38. The molecule has 1 aliphatic rings. The Balaban J connectivity index is 2.07. The van der Waals surface area contributed by atoms with E-state index in [1.807, 2.05) is 33.2 Å². The minimum atomic E-state index is -0.330. The Hall–Kier alpha value is -2.31. The lowest BCUT2D eigenvalue weighted by atomic mass is 9.84. The van der Waals surface area contributed by atoms with Crippen LogP contribution >= 0.6 is 0 Å². The fourth-order valence-corrected chi connectivity index (χ4v) is 3.62. The molecule has 1 fully saturated rings. The molecule has 28 heavy (non-hydrogen) atoms. The maximum absolute atomic E-state index is 12.8. The fourth-order valence-electron chi connectivity index (χ4n) is 3.62. The molecule has 1 aliphatic carbocycles. The third-order valence-corrected chi connectivity index (χ3v) is 5.06. The van der Waals surface area contributed by atoms with Gasteiger partial charge in [0.25, 0.3) is 0 Å². The van der Waals surface area contributed by atoms with E-state index in [9.17, 15) is 4.79 Å². The maximum atomic E-state index is 12.8. The van der Waals surface area contributed by atoms with E-state index in [4.69, 9.17) is 9.73 Å². The molecule has 1 amide bonds. The first-order valence-electron chi connectivity index (χ1n) is 10.3. The zero-order chi connectivity index (χ0) is 20.4. The highest BCUT2D eigenvalue weighted by molar-refractivity contribution is 5.85. The van der Waals surface area contributed by atoms with Crippen molar-refractivity contribution in [1.82, 2.24) is 20.5 Å². The number of nitrogens with one attached hydrogen (secondary N) is 2. The van der Waals surface area contributed by atoms with Crippen LogP contribution in [-0.4, -0.2) is 55.5 Å². The molecule has 0 saturated heterocycles. The summed E-state index contributed by atoms with van der Waals surface area (Å²) >= 11 is 0. The highest BCUT2D eigenvalue weighted by Gasteiger charge is 2.42. The van der Waals surface area contributed by atoms with Gasteiger partial charge in [-0.15, -0.1) is 0 Å². The molecule has 2 rings (SSSR count). The van der Waals surface area contributed by atoms with Gasteiger partial charge in [-0.3, -0.25) is 4.79 Å². The fraction of sp³-hybridized carbons (Fsp3) is 0.667. The first-order valence-corrected chi connectivity index (χ1v) is 10.3. The average molecular weight is 390 g/mol. The average Bonchev–Trinajstić information content (AvgIpc) is 3.18. The van der Waals surface area contributed by atoms with Gasteiger partial charge in [0.15, 0.2) is 5.96 Å². The van der Waals surface area contributed by atoms with Crippen molar-refractivity contribution in [3.05, 3.63) is 23.9 Å². The Bertz CT molecular complexity index is 654. The van der Waals surface area contributed by atoms with Gasteiger partial charge in [-0.1, -0.05) is 25.8 Å². The van der Waals surface area contributed by atoms with Crippen molar-refractivity contribution in [3.63, 3.8) is 0 Å². The van der Waals surface area contributed by atoms with Gasteiger partial charge in [-0.2, -0.15) is 0 Å². The molecule has 0 aliphatic heterocycles. The standard InChI is InChI=1S/C21H35N5O2/c1-5-14-28-18-17(10-9-13-23-18)15-24-20(22-6-2)25-16-21(11-7-8-12-21)19(27)26(3)4/h9-10,13H,5-8,11-12,14-16H2,1-4H3,(H2,22,24,25). The molecule has 0 bridgehead atoms. The zero-order valence-electron chi connectivity index (χ0n) is 17.8. The van der Waals surface area contributed by atoms with Crippen molar-refractivity contribution < 1.29 is 9.53 Å². The quantitative estimate of drug-likeness (QED) is 0.501. The Morgan fingerprint density at radius 2 is 2.04 bits per heavy atom. The second-order valence-electron chi connectivity index (χ2n) is 7.55. The van der Waals surface area contributed by atoms with E-state index in [1.165, 1.54) is 0 Å². The molecule has 2 N–H and O–H groups in total. The molecule has 1 aromatic heterocycles. The van der Waals surface area contributed by atoms with E-state index >= 15 is 0 Å². The zero-order valence-corrected chi connectivity index (χ0v) is 17.8. The van der Waals surface area contributed by atoms with Crippen LogP contribution in [0.5, 0.6) is 5.88 Å². The molecule has 1 aromatic rings. The van der Waals surface area contributed by atoms with Gasteiger partial charge < -0.3 is 20.3 Å². The molecule has 0 spiro atoms. The summed E-state index contributed by atoms with van der Waals surface area (Å²) in [5, 5.41) is 6.68. The SMILES string of the molecule is CCCOc1ncccc1CN=C(NCC)NCC1(C(=O)N(C)C)CCCC1. The van der Waals surface area contributed by atoms with E-state index in [2.05, 4.69) is 22.5 Å². The summed E-state index contributed by atoms with van der Waals surface area (Å²) in [5.74, 6) is 1.56. The molecule has 156 valence electrons. The summed E-state index contributed by atoms with van der Waals surface area (Å²) in [7, 11) is 3.67. The third-order valence-electron chi connectivity index (χ3n) is 5.06. The molecule has 7 heteroatoms. The monoisotopic (exact) mass is 389 g/mol. The second-order valence-corrected chi connectivity index (χ2v) is 7.55. The lowest BCUT2D eigenvalue weighted by Gasteiger charge is -2.31. The number of hydrogen-bond acceptors (Lipinski definition) is 4. The van der Waals surface area contributed by atoms with Gasteiger partial charge in [-0.25, -0.2) is 9.98 Å². The molecule has 0 radical (unpaired) electrons. The first kappa shape index (κ1) is 22.0. The Labute approximate surface area is 169 Å². The van der Waals surface area contributed by atoms with Crippen molar-refractivity contribution in [1.29, 1.82) is 0 Å². The molecule has 1 heterocycles. The number of aliphatic imine (C=N–C) groups is 1. The number of carbonyl (C=O) groups is 1. The number of nitrogens with zero attached hydrogens (tertiary/aromatic N) is 3. The van der Waals surface area contributed by atoms with Crippen LogP contribution in [0, 0.1) is 5.41 Å². The van der Waals surface area contributed by atoms with Crippen molar-refractivity contribution >= 4 is 11.9 Å². The van der Waals surface area contributed by atoms with Crippen molar-refractivity contribution in [2.45, 2.75) is 52.5 Å². The summed E-state index contributed by atoms with van der Waals surface area (Å²) in [6.07, 6.45) is 6.72. The van der Waals surface area contributed by atoms with Crippen LogP contribution in [0.1, 0.15) is 51.5 Å². The van der Waals surface area contributed by atoms with Gasteiger partial charge in [0.1, 0.15) is 0 Å². The summed E-state index contributed by atoms with van der Waals surface area (Å²) in [6.45, 7) is 6.57.